The second kappa shape index (κ2) is 7.56. The minimum absolute atomic E-state index is 0.0982. The van der Waals surface area contributed by atoms with Crippen molar-refractivity contribution in [1.82, 2.24) is 0 Å². The number of Topliss-reactive ketones (excluding diaryl/α,β-unsaturated/α-hetero) is 1. The van der Waals surface area contributed by atoms with E-state index < -0.39 is 5.91 Å². The van der Waals surface area contributed by atoms with E-state index in [0.29, 0.717) is 41.4 Å². The quantitative estimate of drug-likeness (QED) is 0.729. The zero-order valence-corrected chi connectivity index (χ0v) is 15.2. The van der Waals surface area contributed by atoms with Crippen LogP contribution in [-0.2, 0) is 6.42 Å². The molecule has 1 heterocycles. The summed E-state index contributed by atoms with van der Waals surface area (Å²) in [4.78, 5) is 23.0. The molecule has 1 aliphatic heterocycles. The summed E-state index contributed by atoms with van der Waals surface area (Å²) in [5, 5.41) is 0. The highest BCUT2D eigenvalue weighted by Gasteiger charge is 2.18. The molecule has 4 rings (SSSR count). The van der Waals surface area contributed by atoms with Crippen LogP contribution in [0.1, 0.15) is 38.3 Å². The van der Waals surface area contributed by atoms with E-state index in [4.69, 9.17) is 15.2 Å². The maximum Gasteiger partial charge on any atom is 0.248 e. The van der Waals surface area contributed by atoms with Crippen LogP contribution in [0.4, 0.5) is 0 Å². The van der Waals surface area contributed by atoms with Crippen LogP contribution < -0.4 is 15.2 Å². The largest absolute Gasteiger partial charge is 0.492 e. The summed E-state index contributed by atoms with van der Waals surface area (Å²) < 4.78 is 11.4. The first-order chi connectivity index (χ1) is 13.6. The van der Waals surface area contributed by atoms with Gasteiger partial charge in [-0.1, -0.05) is 24.3 Å². The minimum atomic E-state index is -0.426. The molecule has 3 aromatic rings. The van der Waals surface area contributed by atoms with Gasteiger partial charge in [0.25, 0.3) is 0 Å². The molecule has 1 aliphatic rings. The highest BCUT2D eigenvalue weighted by molar-refractivity contribution is 5.99. The number of fused-ring (bicyclic) bond motifs is 1. The van der Waals surface area contributed by atoms with Gasteiger partial charge in [0.05, 0.1) is 12.2 Å². The number of hydrogen-bond donors (Lipinski definition) is 1. The van der Waals surface area contributed by atoms with Crippen LogP contribution in [0, 0.1) is 0 Å². The standard InChI is InChI=1S/C23H19NO4/c24-23(26)17-5-1-15(2-6-17)13-16-3-7-18(8-4-16)28-19-9-10-20-21(25)11-12-27-22(20)14-19/h1-10,14H,11-13H2,(H2,24,26). The molecule has 28 heavy (non-hydrogen) atoms. The van der Waals surface area contributed by atoms with Crippen molar-refractivity contribution in [3.63, 3.8) is 0 Å². The van der Waals surface area contributed by atoms with Crippen LogP contribution >= 0.6 is 0 Å². The van der Waals surface area contributed by atoms with Crippen LogP contribution in [0.5, 0.6) is 17.2 Å². The van der Waals surface area contributed by atoms with Gasteiger partial charge in [-0.05, 0) is 53.9 Å². The Hall–Kier alpha value is -3.60. The third-order valence-electron chi connectivity index (χ3n) is 4.65. The third kappa shape index (κ3) is 3.88. The van der Waals surface area contributed by atoms with Crippen molar-refractivity contribution < 1.29 is 19.1 Å². The summed E-state index contributed by atoms with van der Waals surface area (Å²) >= 11 is 0. The molecule has 5 nitrogen and oxygen atoms in total. The number of ketones is 1. The van der Waals surface area contributed by atoms with Crippen molar-refractivity contribution in [2.24, 2.45) is 5.73 Å². The van der Waals surface area contributed by atoms with Crippen molar-refractivity contribution in [2.75, 3.05) is 6.61 Å². The molecular formula is C23H19NO4. The van der Waals surface area contributed by atoms with E-state index >= 15 is 0 Å². The van der Waals surface area contributed by atoms with Crippen LogP contribution in [-0.4, -0.2) is 18.3 Å². The normalized spacial score (nSPS) is 12.8. The van der Waals surface area contributed by atoms with E-state index in [9.17, 15) is 9.59 Å². The number of carbonyl (C=O) groups excluding carboxylic acids is 2. The molecule has 0 aliphatic carbocycles. The van der Waals surface area contributed by atoms with E-state index in [1.165, 1.54) is 0 Å². The van der Waals surface area contributed by atoms with Crippen molar-refractivity contribution in [3.8, 4) is 17.2 Å². The molecule has 0 atom stereocenters. The topological polar surface area (TPSA) is 78.6 Å². The molecule has 0 bridgehead atoms. The smallest absolute Gasteiger partial charge is 0.248 e. The molecule has 0 spiro atoms. The predicted molar refractivity (Wildman–Crippen MR) is 105 cm³/mol. The van der Waals surface area contributed by atoms with Gasteiger partial charge in [-0.25, -0.2) is 0 Å². The maximum absolute atomic E-state index is 11.9. The molecule has 2 N–H and O–H groups in total. The summed E-state index contributed by atoms with van der Waals surface area (Å²) in [7, 11) is 0. The number of hydrogen-bond acceptors (Lipinski definition) is 4. The predicted octanol–water partition coefficient (Wildman–Crippen LogP) is 4.13. The van der Waals surface area contributed by atoms with Gasteiger partial charge < -0.3 is 15.2 Å². The van der Waals surface area contributed by atoms with Gasteiger partial charge in [0.1, 0.15) is 17.2 Å². The molecule has 0 aromatic heterocycles. The third-order valence-corrected chi connectivity index (χ3v) is 4.65. The van der Waals surface area contributed by atoms with Crippen molar-refractivity contribution in [3.05, 3.63) is 89.0 Å². The number of ether oxygens (including phenoxy) is 2. The van der Waals surface area contributed by atoms with E-state index in [1.807, 2.05) is 36.4 Å². The van der Waals surface area contributed by atoms with Crippen molar-refractivity contribution in [1.29, 1.82) is 0 Å². The van der Waals surface area contributed by atoms with Gasteiger partial charge in [-0.3, -0.25) is 9.59 Å². The van der Waals surface area contributed by atoms with Gasteiger partial charge in [-0.2, -0.15) is 0 Å². The Morgan fingerprint density at radius 2 is 1.57 bits per heavy atom. The number of nitrogens with two attached hydrogens (primary N) is 1. The van der Waals surface area contributed by atoms with Gasteiger partial charge in [0.15, 0.2) is 5.78 Å². The van der Waals surface area contributed by atoms with Crippen molar-refractivity contribution >= 4 is 11.7 Å². The first-order valence-electron chi connectivity index (χ1n) is 9.04. The highest BCUT2D eigenvalue weighted by Crippen LogP contribution is 2.31. The molecule has 0 radical (unpaired) electrons. The van der Waals surface area contributed by atoms with Gasteiger partial charge in [0, 0.05) is 18.1 Å². The molecule has 0 unspecified atom stereocenters. The van der Waals surface area contributed by atoms with Crippen LogP contribution in [0.3, 0.4) is 0 Å². The highest BCUT2D eigenvalue weighted by atomic mass is 16.5. The Labute approximate surface area is 162 Å². The first-order valence-corrected chi connectivity index (χ1v) is 9.04. The van der Waals surface area contributed by atoms with Crippen LogP contribution in [0.2, 0.25) is 0 Å². The molecule has 1 amide bonds. The first kappa shape index (κ1) is 17.8. The summed E-state index contributed by atoms with van der Waals surface area (Å²) in [5.74, 6) is 1.58. The SMILES string of the molecule is NC(=O)c1ccc(Cc2ccc(Oc3ccc4c(c3)OCCC4=O)cc2)cc1. The fraction of sp³-hybridized carbons (Fsp3) is 0.130. The average Bonchev–Trinajstić information content (AvgIpc) is 2.70. The number of benzene rings is 3. The van der Waals surface area contributed by atoms with Gasteiger partial charge >= 0.3 is 0 Å². The monoisotopic (exact) mass is 373 g/mol. The maximum atomic E-state index is 11.9. The molecule has 140 valence electrons. The molecule has 0 fully saturated rings. The molecule has 0 saturated carbocycles. The van der Waals surface area contributed by atoms with E-state index in [2.05, 4.69) is 0 Å². The Kier molecular flexibility index (Phi) is 4.81. The van der Waals surface area contributed by atoms with E-state index in [-0.39, 0.29) is 5.78 Å². The van der Waals surface area contributed by atoms with E-state index in [1.54, 1.807) is 30.3 Å². The Morgan fingerprint density at radius 3 is 2.25 bits per heavy atom. The lowest BCUT2D eigenvalue weighted by Gasteiger charge is -2.17. The van der Waals surface area contributed by atoms with Crippen LogP contribution in [0.25, 0.3) is 0 Å². The number of carbonyl (C=O) groups is 2. The number of primary amides is 1. The summed E-state index contributed by atoms with van der Waals surface area (Å²) in [5.41, 5.74) is 8.59. The molecule has 0 saturated heterocycles. The van der Waals surface area contributed by atoms with Gasteiger partial charge in [0.2, 0.25) is 5.91 Å². The Bertz CT molecular complexity index is 1020. The fourth-order valence-corrected chi connectivity index (χ4v) is 3.14. The summed E-state index contributed by atoms with van der Waals surface area (Å²) in [6.07, 6.45) is 1.16. The fourth-order valence-electron chi connectivity index (χ4n) is 3.14. The van der Waals surface area contributed by atoms with Crippen LogP contribution in [0.15, 0.2) is 66.7 Å². The lowest BCUT2D eigenvalue weighted by molar-refractivity contribution is 0.0932. The molecule has 3 aromatic carbocycles. The second-order valence-electron chi connectivity index (χ2n) is 6.66. The van der Waals surface area contributed by atoms with E-state index in [0.717, 1.165) is 17.5 Å². The molecular weight excluding hydrogens is 354 g/mol. The average molecular weight is 373 g/mol. The lowest BCUT2D eigenvalue weighted by Crippen LogP contribution is -2.14. The zero-order valence-electron chi connectivity index (χ0n) is 15.2. The Morgan fingerprint density at radius 1 is 0.929 bits per heavy atom. The second-order valence-corrected chi connectivity index (χ2v) is 6.66. The van der Waals surface area contributed by atoms with Crippen molar-refractivity contribution in [2.45, 2.75) is 12.8 Å². The number of rotatable bonds is 5. The van der Waals surface area contributed by atoms with Gasteiger partial charge in [-0.15, -0.1) is 0 Å². The summed E-state index contributed by atoms with van der Waals surface area (Å²) in [6.45, 7) is 0.407. The number of amides is 1. The lowest BCUT2D eigenvalue weighted by atomic mass is 10.0. The zero-order chi connectivity index (χ0) is 19.5. The minimum Gasteiger partial charge on any atom is -0.492 e. The summed E-state index contributed by atoms with van der Waals surface area (Å²) in [6, 6.07) is 20.3. The Balaban J connectivity index is 1.43. The molecule has 5 heteroatoms.